The number of hydrogen-bond donors (Lipinski definition) is 1. The fourth-order valence-electron chi connectivity index (χ4n) is 4.83. The van der Waals surface area contributed by atoms with Gasteiger partial charge in [-0.3, -0.25) is 9.59 Å². The van der Waals surface area contributed by atoms with Crippen LogP contribution in [0.5, 0.6) is 0 Å². The Morgan fingerprint density at radius 3 is 2.70 bits per heavy atom. The summed E-state index contributed by atoms with van der Waals surface area (Å²) in [7, 11) is 0. The van der Waals surface area contributed by atoms with E-state index < -0.39 is 6.04 Å². The summed E-state index contributed by atoms with van der Waals surface area (Å²) in [5, 5.41) is 2.54. The first kappa shape index (κ1) is 23.2. The molecule has 2 fully saturated rings. The predicted octanol–water partition coefficient (Wildman–Crippen LogP) is 2.79. The van der Waals surface area contributed by atoms with Crippen molar-refractivity contribution >= 4 is 23.7 Å². The minimum atomic E-state index is -0.426. The maximum atomic E-state index is 12.2. The molecular weight excluding hydrogens is 398 g/mol. The molecule has 0 saturated carbocycles. The molecule has 6 nitrogen and oxygen atoms in total. The average molecular weight is 436 g/mol. The van der Waals surface area contributed by atoms with Crippen molar-refractivity contribution in [3.8, 4) is 0 Å². The molecule has 4 heterocycles. The average Bonchev–Trinajstić information content (AvgIpc) is 3.18. The maximum absolute atomic E-state index is 12.2. The molecule has 3 aliphatic rings. The van der Waals surface area contributed by atoms with E-state index >= 15 is 0 Å². The number of likely N-dealkylation sites (tertiary alicyclic amines) is 2. The van der Waals surface area contributed by atoms with E-state index in [9.17, 15) is 9.59 Å². The highest BCUT2D eigenvalue weighted by molar-refractivity contribution is 7.12. The van der Waals surface area contributed by atoms with Crippen LogP contribution in [0.15, 0.2) is 6.07 Å². The van der Waals surface area contributed by atoms with Gasteiger partial charge in [0.15, 0.2) is 0 Å². The van der Waals surface area contributed by atoms with Crippen molar-refractivity contribution in [3.05, 3.63) is 21.4 Å². The zero-order chi connectivity index (χ0) is 21.7. The molecular formula is C23H37N3O3S. The van der Waals surface area contributed by atoms with Gasteiger partial charge in [-0.1, -0.05) is 20.8 Å². The van der Waals surface area contributed by atoms with Gasteiger partial charge in [0, 0.05) is 54.8 Å². The van der Waals surface area contributed by atoms with Crippen LogP contribution < -0.4 is 5.32 Å². The quantitative estimate of drug-likeness (QED) is 0.698. The molecule has 168 valence electrons. The van der Waals surface area contributed by atoms with Crippen LogP contribution >= 0.6 is 11.3 Å². The zero-order valence-electron chi connectivity index (χ0n) is 18.9. The number of fused-ring (bicyclic) bond motifs is 2. The Morgan fingerprint density at radius 1 is 1.37 bits per heavy atom. The Balaban J connectivity index is 0.00000124. The molecule has 1 spiro atoms. The number of thiophene rings is 1. The highest BCUT2D eigenvalue weighted by Gasteiger charge is 2.43. The summed E-state index contributed by atoms with van der Waals surface area (Å²) in [6.45, 7) is 13.6. The van der Waals surface area contributed by atoms with Gasteiger partial charge in [0.1, 0.15) is 6.04 Å². The van der Waals surface area contributed by atoms with Gasteiger partial charge in [0.05, 0.1) is 12.2 Å². The van der Waals surface area contributed by atoms with Crippen molar-refractivity contribution in [2.24, 2.45) is 5.92 Å². The molecule has 2 saturated heterocycles. The monoisotopic (exact) mass is 435 g/mol. The summed E-state index contributed by atoms with van der Waals surface area (Å²) in [6, 6.07) is 1.98. The van der Waals surface area contributed by atoms with E-state index in [1.54, 1.807) is 11.8 Å². The van der Waals surface area contributed by atoms with Crippen LogP contribution in [0.2, 0.25) is 0 Å². The van der Waals surface area contributed by atoms with Gasteiger partial charge in [-0.2, -0.15) is 0 Å². The van der Waals surface area contributed by atoms with Gasteiger partial charge in [-0.25, -0.2) is 0 Å². The molecule has 2 amide bonds. The van der Waals surface area contributed by atoms with Crippen molar-refractivity contribution in [1.82, 2.24) is 15.1 Å². The molecule has 0 bridgehead atoms. The summed E-state index contributed by atoms with van der Waals surface area (Å²) >= 11 is 1.98. The maximum Gasteiger partial charge on any atom is 0.244 e. The SMILES string of the molecule is CC.CCc1cc2c(s1)CCOC21CCN(CC2CN(C(=O)C(C)NC=O)C2)CC1. The molecule has 1 N–H and O–H groups in total. The number of amides is 2. The lowest BCUT2D eigenvalue weighted by Gasteiger charge is -2.47. The van der Waals surface area contributed by atoms with Crippen LogP contribution in [0, 0.1) is 5.92 Å². The summed E-state index contributed by atoms with van der Waals surface area (Å²) in [5.74, 6) is 0.561. The Bertz CT molecular complexity index is 721. The number of hydrogen-bond acceptors (Lipinski definition) is 5. The molecule has 4 rings (SSSR count). The number of nitrogens with one attached hydrogen (secondary N) is 1. The van der Waals surface area contributed by atoms with Crippen molar-refractivity contribution in [2.75, 3.05) is 39.3 Å². The molecule has 0 aromatic carbocycles. The zero-order valence-corrected chi connectivity index (χ0v) is 19.7. The fourth-order valence-corrected chi connectivity index (χ4v) is 6.01. The highest BCUT2D eigenvalue weighted by atomic mass is 32.1. The van der Waals surface area contributed by atoms with Gasteiger partial charge < -0.3 is 19.9 Å². The van der Waals surface area contributed by atoms with Crippen molar-refractivity contribution in [1.29, 1.82) is 0 Å². The number of aryl methyl sites for hydroxylation is 1. The van der Waals surface area contributed by atoms with Crippen molar-refractivity contribution in [3.63, 3.8) is 0 Å². The second-order valence-corrected chi connectivity index (χ2v) is 9.63. The van der Waals surface area contributed by atoms with Crippen LogP contribution in [-0.2, 0) is 32.8 Å². The van der Waals surface area contributed by atoms with Gasteiger partial charge in [-0.15, -0.1) is 11.3 Å². The first-order valence-corrected chi connectivity index (χ1v) is 12.3. The van der Waals surface area contributed by atoms with Crippen LogP contribution in [0.3, 0.4) is 0 Å². The van der Waals surface area contributed by atoms with E-state index in [1.807, 2.05) is 30.1 Å². The number of carbonyl (C=O) groups excluding carboxylic acids is 2. The first-order chi connectivity index (χ1) is 14.5. The topological polar surface area (TPSA) is 61.9 Å². The minimum Gasteiger partial charge on any atom is -0.370 e. The summed E-state index contributed by atoms with van der Waals surface area (Å²) in [4.78, 5) is 30.1. The molecule has 0 radical (unpaired) electrons. The second kappa shape index (κ2) is 10.2. The summed E-state index contributed by atoms with van der Waals surface area (Å²) in [5.41, 5.74) is 1.41. The second-order valence-electron chi connectivity index (χ2n) is 8.41. The van der Waals surface area contributed by atoms with Crippen LogP contribution in [-0.4, -0.2) is 67.5 Å². The minimum absolute atomic E-state index is 0.0215. The molecule has 1 aromatic rings. The van der Waals surface area contributed by atoms with Crippen molar-refractivity contribution < 1.29 is 14.3 Å². The summed E-state index contributed by atoms with van der Waals surface area (Å²) in [6.07, 6.45) is 4.90. The normalized spacial score (nSPS) is 21.8. The number of carbonyl (C=O) groups is 2. The standard InChI is InChI=1S/C21H31N3O3S.C2H6/c1-3-17-10-18-19(28-17)4-9-27-21(18)5-7-23(8-6-21)11-16-12-24(13-16)20(26)15(2)22-14-25;1-2/h10,14-16H,3-9,11-13H2,1-2H3,(H,22,25);1-2H3. The van der Waals surface area contributed by atoms with Crippen LogP contribution in [0.25, 0.3) is 0 Å². The largest absolute Gasteiger partial charge is 0.370 e. The Hall–Kier alpha value is -1.44. The van der Waals surface area contributed by atoms with E-state index in [0.29, 0.717) is 12.3 Å². The number of ether oxygens (including phenoxy) is 1. The fraction of sp³-hybridized carbons (Fsp3) is 0.739. The third-order valence-corrected chi connectivity index (χ3v) is 7.88. The lowest BCUT2D eigenvalue weighted by atomic mass is 9.82. The Kier molecular flexibility index (Phi) is 7.93. The lowest BCUT2D eigenvalue weighted by Crippen LogP contribution is -2.58. The molecule has 1 atom stereocenters. The van der Waals surface area contributed by atoms with Crippen LogP contribution in [0.4, 0.5) is 0 Å². The highest BCUT2D eigenvalue weighted by Crippen LogP contribution is 2.44. The van der Waals surface area contributed by atoms with E-state index in [0.717, 1.165) is 65.0 Å². The van der Waals surface area contributed by atoms with E-state index in [2.05, 4.69) is 23.2 Å². The number of rotatable bonds is 6. The van der Waals surface area contributed by atoms with E-state index in [4.69, 9.17) is 4.74 Å². The number of nitrogens with zero attached hydrogens (tertiary/aromatic N) is 2. The molecule has 1 aromatic heterocycles. The van der Waals surface area contributed by atoms with Crippen molar-refractivity contribution in [2.45, 2.75) is 65.0 Å². The van der Waals surface area contributed by atoms with Gasteiger partial charge in [0.25, 0.3) is 0 Å². The first-order valence-electron chi connectivity index (χ1n) is 11.5. The van der Waals surface area contributed by atoms with Gasteiger partial charge in [-0.05, 0) is 37.8 Å². The van der Waals surface area contributed by atoms with Gasteiger partial charge >= 0.3 is 0 Å². The molecule has 30 heavy (non-hydrogen) atoms. The smallest absolute Gasteiger partial charge is 0.244 e. The van der Waals surface area contributed by atoms with E-state index in [-0.39, 0.29) is 11.5 Å². The summed E-state index contributed by atoms with van der Waals surface area (Å²) < 4.78 is 6.37. The molecule has 0 aliphatic carbocycles. The molecule has 1 unspecified atom stereocenters. The Morgan fingerprint density at radius 2 is 2.07 bits per heavy atom. The number of piperidine rings is 1. The molecule has 3 aliphatic heterocycles. The van der Waals surface area contributed by atoms with Crippen LogP contribution in [0.1, 0.15) is 55.9 Å². The predicted molar refractivity (Wildman–Crippen MR) is 121 cm³/mol. The van der Waals surface area contributed by atoms with Gasteiger partial charge in [0.2, 0.25) is 12.3 Å². The Labute approximate surface area is 185 Å². The van der Waals surface area contributed by atoms with E-state index in [1.165, 1.54) is 10.4 Å². The third-order valence-electron chi connectivity index (χ3n) is 6.54. The molecule has 7 heteroatoms. The lowest BCUT2D eigenvalue weighted by molar-refractivity contribution is -0.141. The third kappa shape index (κ3) is 4.73.